The molecule has 2 rings (SSSR count). The van der Waals surface area contributed by atoms with Crippen molar-refractivity contribution in [1.82, 2.24) is 5.16 Å². The molecular formula is C9H10N2OS. The maximum absolute atomic E-state index is 5.46. The predicted molar refractivity (Wildman–Crippen MR) is 53.7 cm³/mol. The summed E-state index contributed by atoms with van der Waals surface area (Å²) >= 11 is 1.69. The second-order valence-corrected chi connectivity index (χ2v) is 4.22. The number of hydrogen-bond donors (Lipinski definition) is 1. The van der Waals surface area contributed by atoms with E-state index in [1.165, 1.54) is 10.4 Å². The van der Waals surface area contributed by atoms with Gasteiger partial charge in [-0.1, -0.05) is 5.16 Å². The number of thiophene rings is 1. The highest BCUT2D eigenvalue weighted by Gasteiger charge is 2.08. The van der Waals surface area contributed by atoms with Gasteiger partial charge in [-0.25, -0.2) is 0 Å². The number of nitrogens with two attached hydrogens (primary N) is 1. The summed E-state index contributed by atoms with van der Waals surface area (Å²) in [6, 6.07) is 3.82. The Balaban J connectivity index is 2.46. The molecule has 0 unspecified atom stereocenters. The molecule has 3 nitrogen and oxygen atoms in total. The van der Waals surface area contributed by atoms with E-state index in [0.29, 0.717) is 5.82 Å². The van der Waals surface area contributed by atoms with Crippen molar-refractivity contribution in [1.29, 1.82) is 0 Å². The first-order chi connectivity index (χ1) is 6.16. The quantitative estimate of drug-likeness (QED) is 0.759. The molecule has 0 radical (unpaired) electrons. The van der Waals surface area contributed by atoms with Crippen LogP contribution in [0.2, 0.25) is 0 Å². The van der Waals surface area contributed by atoms with Gasteiger partial charge in [0.2, 0.25) is 0 Å². The first-order valence-electron chi connectivity index (χ1n) is 3.96. The van der Waals surface area contributed by atoms with E-state index >= 15 is 0 Å². The summed E-state index contributed by atoms with van der Waals surface area (Å²) in [5.74, 6) is 1.18. The third-order valence-corrected chi connectivity index (χ3v) is 3.10. The average molecular weight is 194 g/mol. The van der Waals surface area contributed by atoms with Crippen LogP contribution in [0.3, 0.4) is 0 Å². The van der Waals surface area contributed by atoms with E-state index in [1.807, 2.05) is 0 Å². The van der Waals surface area contributed by atoms with Crippen LogP contribution in [0.5, 0.6) is 0 Å². The third kappa shape index (κ3) is 1.45. The molecule has 2 aromatic rings. The molecule has 0 aliphatic carbocycles. The van der Waals surface area contributed by atoms with Crippen LogP contribution in [0.4, 0.5) is 5.82 Å². The van der Waals surface area contributed by atoms with Gasteiger partial charge in [-0.15, -0.1) is 11.3 Å². The average Bonchev–Trinajstić information content (AvgIpc) is 2.61. The van der Waals surface area contributed by atoms with Gasteiger partial charge < -0.3 is 10.3 Å². The lowest BCUT2D eigenvalue weighted by Gasteiger charge is -1.83. The molecule has 0 atom stereocenters. The molecule has 0 fully saturated rings. The fourth-order valence-corrected chi connectivity index (χ4v) is 2.08. The second kappa shape index (κ2) is 2.88. The Kier molecular flexibility index (Phi) is 1.84. The molecule has 0 saturated heterocycles. The van der Waals surface area contributed by atoms with Crippen LogP contribution in [0.1, 0.15) is 10.4 Å². The maximum Gasteiger partial charge on any atom is 0.179 e. The number of nitrogens with zero attached hydrogens (tertiary/aromatic N) is 1. The van der Waals surface area contributed by atoms with E-state index in [2.05, 4.69) is 25.1 Å². The molecule has 13 heavy (non-hydrogen) atoms. The number of hydrogen-bond acceptors (Lipinski definition) is 4. The molecule has 68 valence electrons. The molecule has 0 saturated carbocycles. The zero-order valence-corrected chi connectivity index (χ0v) is 8.31. The van der Waals surface area contributed by atoms with Crippen molar-refractivity contribution >= 4 is 17.2 Å². The Morgan fingerprint density at radius 3 is 2.62 bits per heavy atom. The van der Waals surface area contributed by atoms with E-state index in [1.54, 1.807) is 17.4 Å². The first kappa shape index (κ1) is 8.31. The van der Waals surface area contributed by atoms with Gasteiger partial charge in [-0.2, -0.15) is 0 Å². The summed E-state index contributed by atoms with van der Waals surface area (Å²) < 4.78 is 5.05. The topological polar surface area (TPSA) is 52.0 Å². The lowest BCUT2D eigenvalue weighted by Crippen LogP contribution is -1.79. The van der Waals surface area contributed by atoms with Crippen LogP contribution < -0.4 is 5.73 Å². The monoisotopic (exact) mass is 194 g/mol. The van der Waals surface area contributed by atoms with Crippen LogP contribution >= 0.6 is 11.3 Å². The highest BCUT2D eigenvalue weighted by atomic mass is 32.1. The fraction of sp³-hybridized carbons (Fsp3) is 0.222. The van der Waals surface area contributed by atoms with E-state index in [-0.39, 0.29) is 0 Å². The molecule has 0 spiro atoms. The fourth-order valence-electron chi connectivity index (χ4n) is 1.10. The van der Waals surface area contributed by atoms with Crippen molar-refractivity contribution in [3.8, 4) is 10.6 Å². The lowest BCUT2D eigenvalue weighted by molar-refractivity contribution is 0.436. The van der Waals surface area contributed by atoms with Crippen LogP contribution in [0.15, 0.2) is 16.7 Å². The molecule has 0 bridgehead atoms. The minimum Gasteiger partial charge on any atom is -0.381 e. The van der Waals surface area contributed by atoms with Gasteiger partial charge >= 0.3 is 0 Å². The molecule has 0 amide bonds. The predicted octanol–water partition coefficient (Wildman–Crippen LogP) is 2.60. The minimum atomic E-state index is 0.429. The van der Waals surface area contributed by atoms with Crippen LogP contribution in [0, 0.1) is 13.8 Å². The Morgan fingerprint density at radius 1 is 1.38 bits per heavy atom. The van der Waals surface area contributed by atoms with Crippen molar-refractivity contribution in [3.05, 3.63) is 22.6 Å². The molecule has 2 aromatic heterocycles. The number of anilines is 1. The highest BCUT2D eigenvalue weighted by molar-refractivity contribution is 7.15. The van der Waals surface area contributed by atoms with Gasteiger partial charge in [0.25, 0.3) is 0 Å². The van der Waals surface area contributed by atoms with Crippen molar-refractivity contribution in [2.45, 2.75) is 13.8 Å². The van der Waals surface area contributed by atoms with Crippen molar-refractivity contribution in [3.63, 3.8) is 0 Å². The Bertz CT molecular complexity index is 411. The Morgan fingerprint density at radius 2 is 2.15 bits per heavy atom. The molecule has 2 N–H and O–H groups in total. The van der Waals surface area contributed by atoms with Crippen LogP contribution in [-0.2, 0) is 0 Å². The molecule has 2 heterocycles. The van der Waals surface area contributed by atoms with E-state index in [4.69, 9.17) is 10.3 Å². The number of rotatable bonds is 1. The van der Waals surface area contributed by atoms with Gasteiger partial charge in [0.1, 0.15) is 0 Å². The number of aromatic nitrogens is 1. The Hall–Kier alpha value is -1.29. The molecule has 0 aromatic carbocycles. The molecule has 4 heteroatoms. The molecule has 0 aliphatic heterocycles. The zero-order valence-electron chi connectivity index (χ0n) is 7.50. The molecular weight excluding hydrogens is 184 g/mol. The normalized spacial score (nSPS) is 10.6. The van der Waals surface area contributed by atoms with E-state index in [0.717, 1.165) is 10.6 Å². The summed E-state index contributed by atoms with van der Waals surface area (Å²) in [5, 5.41) is 3.64. The SMILES string of the molecule is Cc1cc(-c2cc(N)no2)sc1C. The van der Waals surface area contributed by atoms with Gasteiger partial charge in [0.05, 0.1) is 4.88 Å². The smallest absolute Gasteiger partial charge is 0.179 e. The first-order valence-corrected chi connectivity index (χ1v) is 4.78. The minimum absolute atomic E-state index is 0.429. The Labute approximate surface area is 80.2 Å². The number of nitrogen functional groups attached to an aromatic ring is 1. The van der Waals surface area contributed by atoms with Gasteiger partial charge in [-0.3, -0.25) is 0 Å². The van der Waals surface area contributed by atoms with Gasteiger partial charge in [-0.05, 0) is 25.5 Å². The van der Waals surface area contributed by atoms with Crippen molar-refractivity contribution < 1.29 is 4.52 Å². The standard InChI is InChI=1S/C9H10N2OS/c1-5-3-8(13-6(5)2)7-4-9(10)11-12-7/h3-4H,1-2H3,(H2,10,11). The summed E-state index contributed by atoms with van der Waals surface area (Å²) in [6.45, 7) is 4.16. The van der Waals surface area contributed by atoms with Crippen LogP contribution in [0.25, 0.3) is 10.6 Å². The van der Waals surface area contributed by atoms with E-state index in [9.17, 15) is 0 Å². The largest absolute Gasteiger partial charge is 0.381 e. The highest BCUT2D eigenvalue weighted by Crippen LogP contribution is 2.31. The lowest BCUT2D eigenvalue weighted by atomic mass is 10.2. The van der Waals surface area contributed by atoms with Gasteiger partial charge in [0, 0.05) is 10.9 Å². The van der Waals surface area contributed by atoms with Gasteiger partial charge in [0.15, 0.2) is 11.6 Å². The van der Waals surface area contributed by atoms with Crippen molar-refractivity contribution in [2.24, 2.45) is 0 Å². The van der Waals surface area contributed by atoms with Crippen LogP contribution in [-0.4, -0.2) is 5.16 Å². The molecule has 0 aliphatic rings. The van der Waals surface area contributed by atoms with Crippen molar-refractivity contribution in [2.75, 3.05) is 5.73 Å². The third-order valence-electron chi connectivity index (χ3n) is 1.94. The summed E-state index contributed by atoms with van der Waals surface area (Å²) in [6.07, 6.45) is 0. The summed E-state index contributed by atoms with van der Waals surface area (Å²) in [7, 11) is 0. The summed E-state index contributed by atoms with van der Waals surface area (Å²) in [5.41, 5.74) is 6.73. The van der Waals surface area contributed by atoms with E-state index < -0.39 is 0 Å². The maximum atomic E-state index is 5.46. The number of aryl methyl sites for hydroxylation is 2. The second-order valence-electron chi connectivity index (χ2n) is 2.97. The summed E-state index contributed by atoms with van der Waals surface area (Å²) in [4.78, 5) is 2.38. The zero-order chi connectivity index (χ0) is 9.42.